The monoisotopic (exact) mass is 379 g/mol. The summed E-state index contributed by atoms with van der Waals surface area (Å²) in [7, 11) is -3.69. The summed E-state index contributed by atoms with van der Waals surface area (Å²) in [4.78, 5) is 12.0. The molecular weight excluding hydrogens is 362 g/mol. The van der Waals surface area contributed by atoms with Crippen LogP contribution in [0.2, 0.25) is 5.02 Å². The molecule has 0 bridgehead atoms. The summed E-state index contributed by atoms with van der Waals surface area (Å²) in [6.07, 6.45) is 0.449. The summed E-state index contributed by atoms with van der Waals surface area (Å²) in [6, 6.07) is 15.2. The Morgan fingerprint density at radius 3 is 2.32 bits per heavy atom. The van der Waals surface area contributed by atoms with Crippen LogP contribution in [0.3, 0.4) is 0 Å². The number of aliphatic carboxylic acids is 1. The first kappa shape index (κ1) is 17.9. The van der Waals surface area contributed by atoms with Crippen LogP contribution in [-0.4, -0.2) is 36.9 Å². The first-order valence-electron chi connectivity index (χ1n) is 7.93. The van der Waals surface area contributed by atoms with E-state index < -0.39 is 21.9 Å². The lowest BCUT2D eigenvalue weighted by atomic mass is 9.81. The van der Waals surface area contributed by atoms with Crippen molar-refractivity contribution in [3.63, 3.8) is 0 Å². The van der Waals surface area contributed by atoms with Crippen molar-refractivity contribution in [2.45, 2.75) is 17.2 Å². The van der Waals surface area contributed by atoms with Gasteiger partial charge in [-0.3, -0.25) is 4.79 Å². The highest BCUT2D eigenvalue weighted by Gasteiger charge is 2.39. The first-order valence-corrected chi connectivity index (χ1v) is 9.75. The second kappa shape index (κ2) is 7.15. The predicted molar refractivity (Wildman–Crippen MR) is 95.1 cm³/mol. The van der Waals surface area contributed by atoms with E-state index >= 15 is 0 Å². The minimum atomic E-state index is -3.69. The number of hydrogen-bond acceptors (Lipinski definition) is 3. The van der Waals surface area contributed by atoms with Gasteiger partial charge in [0.15, 0.2) is 0 Å². The van der Waals surface area contributed by atoms with Crippen molar-refractivity contribution in [1.29, 1.82) is 0 Å². The molecule has 1 aliphatic rings. The Bertz CT molecular complexity index is 852. The zero-order valence-corrected chi connectivity index (χ0v) is 14.9. The number of piperidine rings is 1. The highest BCUT2D eigenvalue weighted by atomic mass is 35.5. The third-order valence-electron chi connectivity index (χ3n) is 4.57. The molecule has 0 amide bonds. The van der Waals surface area contributed by atoms with Crippen LogP contribution in [0.5, 0.6) is 0 Å². The van der Waals surface area contributed by atoms with Crippen LogP contribution in [-0.2, 0) is 14.8 Å². The minimum absolute atomic E-state index is 0.0418. The second-order valence-electron chi connectivity index (χ2n) is 6.07. The van der Waals surface area contributed by atoms with Gasteiger partial charge in [0.05, 0.1) is 10.8 Å². The smallest absolute Gasteiger partial charge is 0.308 e. The normalized spacial score (nSPS) is 21.8. The molecular formula is C18H18ClNO4S. The molecule has 0 saturated carbocycles. The number of sulfonamides is 1. The maximum Gasteiger partial charge on any atom is 0.308 e. The van der Waals surface area contributed by atoms with Gasteiger partial charge < -0.3 is 5.11 Å². The van der Waals surface area contributed by atoms with Crippen LogP contribution in [0.25, 0.3) is 0 Å². The van der Waals surface area contributed by atoms with Crippen molar-refractivity contribution in [1.82, 2.24) is 4.31 Å². The molecule has 0 aromatic heterocycles. The number of carboxylic acid groups (broad SMARTS) is 1. The van der Waals surface area contributed by atoms with Gasteiger partial charge in [-0.1, -0.05) is 41.9 Å². The van der Waals surface area contributed by atoms with E-state index in [0.29, 0.717) is 11.4 Å². The molecule has 1 fully saturated rings. The Morgan fingerprint density at radius 2 is 1.72 bits per heavy atom. The molecule has 1 heterocycles. The number of carboxylic acids is 1. The van der Waals surface area contributed by atoms with E-state index in [0.717, 1.165) is 5.56 Å². The highest BCUT2D eigenvalue weighted by Crippen LogP contribution is 2.35. The zero-order chi connectivity index (χ0) is 18.0. The lowest BCUT2D eigenvalue weighted by Crippen LogP contribution is -2.45. The van der Waals surface area contributed by atoms with Crippen LogP contribution in [0.15, 0.2) is 59.5 Å². The number of rotatable bonds is 4. The number of benzene rings is 2. The highest BCUT2D eigenvalue weighted by molar-refractivity contribution is 7.89. The maximum absolute atomic E-state index is 12.8. The van der Waals surface area contributed by atoms with Gasteiger partial charge in [-0.05, 0) is 42.2 Å². The van der Waals surface area contributed by atoms with Crippen molar-refractivity contribution < 1.29 is 18.3 Å². The van der Waals surface area contributed by atoms with Crippen LogP contribution in [0.4, 0.5) is 0 Å². The average Bonchev–Trinajstić information content (AvgIpc) is 2.62. The van der Waals surface area contributed by atoms with Crippen molar-refractivity contribution in [3.05, 3.63) is 65.2 Å². The molecule has 3 rings (SSSR count). The molecule has 25 heavy (non-hydrogen) atoms. The van der Waals surface area contributed by atoms with Gasteiger partial charge in [0.1, 0.15) is 0 Å². The van der Waals surface area contributed by atoms with E-state index in [1.165, 1.54) is 16.4 Å². The number of halogens is 1. The number of nitrogens with zero attached hydrogens (tertiary/aromatic N) is 1. The fourth-order valence-electron chi connectivity index (χ4n) is 3.24. The van der Waals surface area contributed by atoms with Gasteiger partial charge in [-0.2, -0.15) is 4.31 Å². The van der Waals surface area contributed by atoms with E-state index in [2.05, 4.69) is 0 Å². The fraction of sp³-hybridized carbons (Fsp3) is 0.278. The van der Waals surface area contributed by atoms with Gasteiger partial charge in [0.25, 0.3) is 0 Å². The van der Waals surface area contributed by atoms with E-state index in [-0.39, 0.29) is 23.9 Å². The Morgan fingerprint density at radius 1 is 1.08 bits per heavy atom. The molecule has 0 spiro atoms. The molecule has 132 valence electrons. The molecule has 2 atom stereocenters. The Labute approximate surface area is 151 Å². The average molecular weight is 380 g/mol. The summed E-state index contributed by atoms with van der Waals surface area (Å²) >= 11 is 5.90. The summed E-state index contributed by atoms with van der Waals surface area (Å²) in [5.41, 5.74) is 0.869. The van der Waals surface area contributed by atoms with Crippen LogP contribution in [0.1, 0.15) is 17.9 Å². The van der Waals surface area contributed by atoms with Gasteiger partial charge in [-0.15, -0.1) is 0 Å². The van der Waals surface area contributed by atoms with E-state index in [4.69, 9.17) is 11.6 Å². The lowest BCUT2D eigenvalue weighted by molar-refractivity contribution is -0.143. The molecule has 7 heteroatoms. The molecule has 1 saturated heterocycles. The lowest BCUT2D eigenvalue weighted by Gasteiger charge is -2.36. The minimum Gasteiger partial charge on any atom is -0.481 e. The summed E-state index contributed by atoms with van der Waals surface area (Å²) in [6.45, 7) is 0.244. The Kier molecular flexibility index (Phi) is 5.13. The van der Waals surface area contributed by atoms with E-state index in [1.54, 1.807) is 30.3 Å². The van der Waals surface area contributed by atoms with E-state index in [1.807, 2.05) is 12.1 Å². The summed E-state index contributed by atoms with van der Waals surface area (Å²) in [5, 5.41) is 10.2. The van der Waals surface area contributed by atoms with Gasteiger partial charge in [0.2, 0.25) is 10.0 Å². The Balaban J connectivity index is 1.87. The van der Waals surface area contributed by atoms with Gasteiger partial charge >= 0.3 is 5.97 Å². The molecule has 0 radical (unpaired) electrons. The number of carbonyl (C=O) groups is 1. The molecule has 2 aromatic rings. The van der Waals surface area contributed by atoms with Crippen molar-refractivity contribution >= 4 is 27.6 Å². The molecule has 0 unspecified atom stereocenters. The van der Waals surface area contributed by atoms with E-state index in [9.17, 15) is 18.3 Å². The maximum atomic E-state index is 12.8. The largest absolute Gasteiger partial charge is 0.481 e. The molecule has 5 nitrogen and oxygen atoms in total. The van der Waals surface area contributed by atoms with Gasteiger partial charge in [0, 0.05) is 18.1 Å². The second-order valence-corrected chi connectivity index (χ2v) is 8.44. The number of hydrogen-bond donors (Lipinski definition) is 1. The predicted octanol–water partition coefficient (Wildman–Crippen LogP) is 3.22. The quantitative estimate of drug-likeness (QED) is 0.885. The molecule has 0 aliphatic carbocycles. The van der Waals surface area contributed by atoms with Crippen LogP contribution >= 0.6 is 11.6 Å². The van der Waals surface area contributed by atoms with Gasteiger partial charge in [-0.25, -0.2) is 8.42 Å². The van der Waals surface area contributed by atoms with Crippen molar-refractivity contribution in [2.75, 3.05) is 13.1 Å². The standard InChI is InChI=1S/C18H18ClNO4S/c19-14-8-6-13(7-9-14)16-10-11-20(12-17(16)18(21)22)25(23,24)15-4-2-1-3-5-15/h1-9,16-17H,10-12H2,(H,21,22)/t16-,17-/m1/s1. The third-order valence-corrected chi connectivity index (χ3v) is 6.70. The molecule has 1 aliphatic heterocycles. The molecule has 1 N–H and O–H groups in total. The molecule has 2 aromatic carbocycles. The topological polar surface area (TPSA) is 74.7 Å². The third kappa shape index (κ3) is 3.71. The first-order chi connectivity index (χ1) is 11.9. The summed E-state index contributed by atoms with van der Waals surface area (Å²) in [5.74, 6) is -2.03. The summed E-state index contributed by atoms with van der Waals surface area (Å²) < 4.78 is 26.8. The fourth-order valence-corrected chi connectivity index (χ4v) is 4.87. The van der Waals surface area contributed by atoms with Crippen molar-refractivity contribution in [2.24, 2.45) is 5.92 Å². The van der Waals surface area contributed by atoms with Crippen LogP contribution < -0.4 is 0 Å². The SMILES string of the molecule is O=C(O)[C@@H]1CN(S(=O)(=O)c2ccccc2)CC[C@@H]1c1ccc(Cl)cc1. The van der Waals surface area contributed by atoms with Crippen LogP contribution in [0, 0.1) is 5.92 Å². The van der Waals surface area contributed by atoms with Crippen molar-refractivity contribution in [3.8, 4) is 0 Å². The zero-order valence-electron chi connectivity index (χ0n) is 13.4. The Hall–Kier alpha value is -1.89.